The highest BCUT2D eigenvalue weighted by atomic mass is 31.2. The first-order valence-corrected chi connectivity index (χ1v) is 14.5. The van der Waals surface area contributed by atoms with Gasteiger partial charge in [0.15, 0.2) is 41.4 Å². The Bertz CT molecular complexity index is 1760. The van der Waals surface area contributed by atoms with Crippen molar-refractivity contribution in [3.8, 4) is 0 Å². The monoisotopic (exact) mass is 606 g/mol. The molecule has 2 bridgehead atoms. The summed E-state index contributed by atoms with van der Waals surface area (Å²) in [6.07, 6.45) is -2.56. The van der Waals surface area contributed by atoms with Crippen molar-refractivity contribution in [2.45, 2.75) is 62.9 Å². The number of rotatable bonds is 2. The Kier molecular flexibility index (Phi) is 6.51. The van der Waals surface area contributed by atoms with Crippen molar-refractivity contribution in [1.29, 1.82) is 0 Å². The molecule has 3 aliphatic rings. The smallest absolute Gasteiger partial charge is 0.388 e. The Hall–Kier alpha value is -3.55. The number of hydrogen-bond acceptors (Lipinski definition) is 15. The van der Waals surface area contributed by atoms with Gasteiger partial charge in [0, 0.05) is 12.3 Å². The molecule has 3 saturated heterocycles. The van der Waals surface area contributed by atoms with Gasteiger partial charge in [0.05, 0.1) is 31.5 Å². The van der Waals surface area contributed by atoms with Crippen LogP contribution >= 0.6 is 7.82 Å². The van der Waals surface area contributed by atoms with Crippen LogP contribution in [-0.4, -0.2) is 86.4 Å². The van der Waals surface area contributed by atoms with Gasteiger partial charge in [-0.1, -0.05) is 0 Å². The third kappa shape index (κ3) is 4.54. The molecule has 9 atom stereocenters. The number of aliphatic hydroxyl groups is 1. The first-order chi connectivity index (χ1) is 20.1. The van der Waals surface area contributed by atoms with E-state index in [0.29, 0.717) is 11.2 Å². The minimum atomic E-state index is -4.75. The Labute approximate surface area is 235 Å². The maximum Gasteiger partial charge on any atom is 0.472 e. The lowest BCUT2D eigenvalue weighted by atomic mass is 9.92. The van der Waals surface area contributed by atoms with E-state index in [1.54, 1.807) is 6.92 Å². The molecule has 2 unspecified atom stereocenters. The fourth-order valence-corrected chi connectivity index (χ4v) is 6.93. The molecule has 20 heteroatoms. The van der Waals surface area contributed by atoms with Crippen LogP contribution in [-0.2, 0) is 27.8 Å². The van der Waals surface area contributed by atoms with Crippen molar-refractivity contribution in [3.63, 3.8) is 0 Å². The number of imidazole rings is 2. The zero-order chi connectivity index (χ0) is 29.3. The number of phosphoric acid groups is 1. The fourth-order valence-electron chi connectivity index (χ4n) is 5.81. The molecule has 7 heterocycles. The zero-order valence-corrected chi connectivity index (χ0v) is 22.9. The van der Waals surface area contributed by atoms with Crippen molar-refractivity contribution in [1.82, 2.24) is 39.0 Å². The maximum absolute atomic E-state index is 13.3. The minimum absolute atomic E-state index is 0.000718. The predicted octanol–water partition coefficient (Wildman–Crippen LogP) is -0.446. The number of aromatic amines is 1. The van der Waals surface area contributed by atoms with Crippen LogP contribution in [0.2, 0.25) is 0 Å². The first-order valence-electron chi connectivity index (χ1n) is 13.0. The first kappa shape index (κ1) is 27.3. The third-order valence-corrected chi connectivity index (χ3v) is 8.79. The molecule has 3 fully saturated rings. The Morgan fingerprint density at radius 3 is 2.62 bits per heavy atom. The second-order valence-electron chi connectivity index (χ2n) is 10.3. The van der Waals surface area contributed by atoms with Crippen LogP contribution in [0.15, 0.2) is 23.8 Å². The number of ether oxygens (including phenoxy) is 3. The van der Waals surface area contributed by atoms with Crippen LogP contribution in [0.3, 0.4) is 0 Å². The number of phosphoric ester groups is 1. The number of fused-ring (bicyclic) bond motifs is 5. The Morgan fingerprint density at radius 2 is 1.81 bits per heavy atom. The molecule has 42 heavy (non-hydrogen) atoms. The standard InChI is InChI=1S/C22H27N10O9P/c1-8-15-9(14(33)21(39-15)31-6-27-12-16(23)25-5-26-17(12)31)2-3-37-11-4-10(41-42(35,36)40-8)20(38-11)32-7-28-13-18(32)29-22(24)30-19(13)34/h5-11,14-15,20-21,33H,2-4H2,1H3,(H,35,36)(H2,23,25,26)(H3,24,29,30,34)/t8-,9-,10+,11?,14+,15-,20+,21+/m0/s1. The highest BCUT2D eigenvalue weighted by Gasteiger charge is 2.51. The van der Waals surface area contributed by atoms with E-state index in [-0.39, 0.29) is 42.4 Å². The fraction of sp³-hybridized carbons (Fsp3) is 0.545. The molecular formula is C22H27N10O9P. The SMILES string of the molecule is C[C@@H]1OP(=O)(O)O[C@@H]2CC(OCC[C@H]3[C@@H](O)[C@H](n4cnc5c(N)ncnc54)O[C@H]31)O[C@H]2n1cnc2c(=O)[nH]c(N)nc21. The van der Waals surface area contributed by atoms with Crippen LogP contribution in [0.5, 0.6) is 0 Å². The zero-order valence-electron chi connectivity index (χ0n) is 22.0. The minimum Gasteiger partial charge on any atom is -0.388 e. The molecule has 7 N–H and O–H groups in total. The Morgan fingerprint density at radius 1 is 1.05 bits per heavy atom. The summed E-state index contributed by atoms with van der Waals surface area (Å²) in [5.74, 6) is -0.564. The molecule has 3 aliphatic heterocycles. The summed E-state index contributed by atoms with van der Waals surface area (Å²) in [5.41, 5.74) is 11.9. The molecule has 224 valence electrons. The molecule has 0 radical (unpaired) electrons. The molecule has 0 saturated carbocycles. The summed E-state index contributed by atoms with van der Waals surface area (Å²) >= 11 is 0. The van der Waals surface area contributed by atoms with Gasteiger partial charge in [-0.25, -0.2) is 24.5 Å². The normalized spacial score (nSPS) is 35.7. The molecule has 0 amide bonds. The summed E-state index contributed by atoms with van der Waals surface area (Å²) in [5, 5.41) is 11.4. The number of aromatic nitrogens is 8. The van der Waals surface area contributed by atoms with E-state index < -0.39 is 62.5 Å². The van der Waals surface area contributed by atoms with Gasteiger partial charge in [-0.05, 0) is 13.3 Å². The summed E-state index contributed by atoms with van der Waals surface area (Å²) < 4.78 is 45.6. The highest BCUT2D eigenvalue weighted by Crippen LogP contribution is 2.52. The predicted molar refractivity (Wildman–Crippen MR) is 140 cm³/mol. The van der Waals surface area contributed by atoms with Crippen LogP contribution in [0, 0.1) is 5.92 Å². The van der Waals surface area contributed by atoms with Crippen LogP contribution in [0.25, 0.3) is 22.3 Å². The number of nitrogens with zero attached hydrogens (tertiary/aromatic N) is 7. The van der Waals surface area contributed by atoms with Gasteiger partial charge in [-0.3, -0.25) is 28.0 Å². The van der Waals surface area contributed by atoms with Gasteiger partial charge in [0.1, 0.15) is 24.1 Å². The number of nitrogens with two attached hydrogens (primary N) is 2. The third-order valence-electron chi connectivity index (χ3n) is 7.66. The van der Waals surface area contributed by atoms with E-state index in [2.05, 4.69) is 29.9 Å². The van der Waals surface area contributed by atoms with Gasteiger partial charge in [0.25, 0.3) is 5.56 Å². The summed E-state index contributed by atoms with van der Waals surface area (Å²) in [6, 6.07) is 0. The summed E-state index contributed by atoms with van der Waals surface area (Å²) in [7, 11) is -4.75. The maximum atomic E-state index is 13.3. The van der Waals surface area contributed by atoms with E-state index >= 15 is 0 Å². The molecule has 0 aliphatic carbocycles. The van der Waals surface area contributed by atoms with Gasteiger partial charge in [-0.2, -0.15) is 4.98 Å². The average Bonchev–Trinajstić information content (AvgIpc) is 3.69. The molecule has 7 rings (SSSR count). The van der Waals surface area contributed by atoms with Crippen LogP contribution in [0.1, 0.15) is 32.2 Å². The number of hydrogen-bond donors (Lipinski definition) is 5. The summed E-state index contributed by atoms with van der Waals surface area (Å²) in [6.45, 7) is 1.68. The van der Waals surface area contributed by atoms with Crippen molar-refractivity contribution >= 4 is 41.9 Å². The van der Waals surface area contributed by atoms with Gasteiger partial charge < -0.3 is 35.7 Å². The van der Waals surface area contributed by atoms with Crippen molar-refractivity contribution < 1.29 is 37.8 Å². The van der Waals surface area contributed by atoms with Gasteiger partial charge in [-0.15, -0.1) is 0 Å². The number of H-pyrrole nitrogens is 1. The number of anilines is 2. The second kappa shape index (κ2) is 10.0. The van der Waals surface area contributed by atoms with E-state index in [1.165, 1.54) is 28.1 Å². The van der Waals surface area contributed by atoms with E-state index in [1.807, 2.05) is 0 Å². The van der Waals surface area contributed by atoms with Crippen molar-refractivity contribution in [2.24, 2.45) is 5.92 Å². The largest absolute Gasteiger partial charge is 0.472 e. The second-order valence-corrected chi connectivity index (χ2v) is 11.6. The summed E-state index contributed by atoms with van der Waals surface area (Å²) in [4.78, 5) is 46.0. The topological polar surface area (TPSA) is 263 Å². The molecule has 0 aromatic carbocycles. The molecular weight excluding hydrogens is 579 g/mol. The number of nitrogen functional groups attached to an aromatic ring is 2. The van der Waals surface area contributed by atoms with E-state index in [0.717, 1.165) is 0 Å². The van der Waals surface area contributed by atoms with E-state index in [9.17, 15) is 19.4 Å². The highest BCUT2D eigenvalue weighted by molar-refractivity contribution is 7.47. The van der Waals surface area contributed by atoms with Crippen molar-refractivity contribution in [2.75, 3.05) is 18.1 Å². The molecule has 4 aromatic heterocycles. The van der Waals surface area contributed by atoms with E-state index in [4.69, 9.17) is 34.7 Å². The number of nitrogens with one attached hydrogen (secondary N) is 1. The Balaban J connectivity index is 1.17. The lowest BCUT2D eigenvalue weighted by Gasteiger charge is -2.28. The number of aliphatic hydroxyl groups excluding tert-OH is 1. The quantitative estimate of drug-likeness (QED) is 0.181. The van der Waals surface area contributed by atoms with Gasteiger partial charge >= 0.3 is 7.82 Å². The average molecular weight is 606 g/mol. The lowest BCUT2D eigenvalue weighted by Crippen LogP contribution is -2.35. The molecule has 4 aromatic rings. The lowest BCUT2D eigenvalue weighted by molar-refractivity contribution is -0.155. The molecule has 19 nitrogen and oxygen atoms in total. The van der Waals surface area contributed by atoms with Crippen LogP contribution in [0.4, 0.5) is 11.8 Å². The van der Waals surface area contributed by atoms with Crippen molar-refractivity contribution in [3.05, 3.63) is 29.3 Å². The molecule has 0 spiro atoms. The van der Waals surface area contributed by atoms with Gasteiger partial charge in [0.2, 0.25) is 5.95 Å². The van der Waals surface area contributed by atoms with Crippen LogP contribution < -0.4 is 17.0 Å².